The highest BCUT2D eigenvalue weighted by molar-refractivity contribution is 7.92. The largest absolute Gasteiger partial charge is 0.376 e. The predicted octanol–water partition coefficient (Wildman–Crippen LogP) is 3.33. The Morgan fingerprint density at radius 1 is 1.00 bits per heavy atom. The van der Waals surface area contributed by atoms with Crippen LogP contribution < -0.4 is 5.32 Å². The van der Waals surface area contributed by atoms with Crippen molar-refractivity contribution in [3.05, 3.63) is 94.1 Å². The minimum absolute atomic E-state index is 0.00677. The van der Waals surface area contributed by atoms with Gasteiger partial charge in [0.25, 0.3) is 5.91 Å². The van der Waals surface area contributed by atoms with Crippen LogP contribution in [0.3, 0.4) is 0 Å². The summed E-state index contributed by atoms with van der Waals surface area (Å²) in [6.07, 6.45) is 0.841. The lowest BCUT2D eigenvalue weighted by atomic mass is 10.00. The van der Waals surface area contributed by atoms with E-state index >= 15 is 0 Å². The number of benzene rings is 2. The maximum atomic E-state index is 14.7. The molecule has 3 rings (SSSR count). The van der Waals surface area contributed by atoms with Crippen LogP contribution in [0.15, 0.2) is 47.5 Å². The van der Waals surface area contributed by atoms with E-state index in [0.717, 1.165) is 12.3 Å². The quantitative estimate of drug-likeness (QED) is 0.241. The fourth-order valence-corrected chi connectivity index (χ4v) is 5.08. The van der Waals surface area contributed by atoms with Gasteiger partial charge in [0, 0.05) is 11.8 Å². The van der Waals surface area contributed by atoms with Gasteiger partial charge in [0.05, 0.1) is 4.90 Å². The number of aliphatic hydroxyl groups is 1. The maximum Gasteiger partial charge on any atom is 0.271 e. The summed E-state index contributed by atoms with van der Waals surface area (Å²) in [6.45, 7) is 0.587. The van der Waals surface area contributed by atoms with Crippen molar-refractivity contribution in [2.75, 3.05) is 6.73 Å². The van der Waals surface area contributed by atoms with E-state index in [1.807, 2.05) is 0 Å². The lowest BCUT2D eigenvalue weighted by molar-refractivity contribution is 0.0905. The van der Waals surface area contributed by atoms with Crippen LogP contribution >= 0.6 is 0 Å². The molecule has 1 unspecified atom stereocenters. The van der Waals surface area contributed by atoms with Crippen LogP contribution in [0, 0.1) is 36.0 Å². The SMILES string of the molecule is Cc1cc(C(=O)NCO)ncc1C(c1c(F)ccc(F)c1F)S(=O)(=O)c1ccc(F)c(F)c1. The Kier molecular flexibility index (Phi) is 6.79. The van der Waals surface area contributed by atoms with E-state index in [4.69, 9.17) is 5.11 Å². The van der Waals surface area contributed by atoms with E-state index in [2.05, 4.69) is 10.3 Å². The summed E-state index contributed by atoms with van der Waals surface area (Å²) < 4.78 is 97.3. The van der Waals surface area contributed by atoms with Gasteiger partial charge in [0.2, 0.25) is 0 Å². The zero-order valence-electron chi connectivity index (χ0n) is 16.7. The van der Waals surface area contributed by atoms with Gasteiger partial charge in [-0.15, -0.1) is 0 Å². The van der Waals surface area contributed by atoms with E-state index in [0.29, 0.717) is 30.3 Å². The zero-order valence-corrected chi connectivity index (χ0v) is 17.6. The van der Waals surface area contributed by atoms with Crippen LogP contribution in [0.2, 0.25) is 0 Å². The van der Waals surface area contributed by atoms with E-state index in [-0.39, 0.29) is 16.8 Å². The number of aromatic nitrogens is 1. The Labute approximate surface area is 184 Å². The zero-order chi connectivity index (χ0) is 24.5. The number of hydrogen-bond acceptors (Lipinski definition) is 5. The Bertz CT molecular complexity index is 1350. The Balaban J connectivity index is 2.31. The van der Waals surface area contributed by atoms with E-state index in [1.165, 1.54) is 6.92 Å². The molecule has 33 heavy (non-hydrogen) atoms. The number of carbonyl (C=O) groups is 1. The second-order valence-electron chi connectivity index (χ2n) is 6.85. The van der Waals surface area contributed by atoms with Gasteiger partial charge in [-0.05, 0) is 54.4 Å². The molecule has 0 saturated heterocycles. The number of carbonyl (C=O) groups excluding carboxylic acids is 1. The number of nitrogens with one attached hydrogen (secondary N) is 1. The molecular weight excluding hydrogens is 471 g/mol. The molecule has 1 amide bonds. The monoisotopic (exact) mass is 486 g/mol. The molecule has 1 aromatic heterocycles. The molecule has 0 saturated carbocycles. The van der Waals surface area contributed by atoms with Gasteiger partial charge in [-0.2, -0.15) is 0 Å². The molecule has 0 aliphatic carbocycles. The summed E-state index contributed by atoms with van der Waals surface area (Å²) in [5.41, 5.74) is -1.79. The molecule has 0 aliphatic rings. The molecule has 1 heterocycles. The van der Waals surface area contributed by atoms with Crippen LogP contribution in [-0.4, -0.2) is 31.1 Å². The highest BCUT2D eigenvalue weighted by atomic mass is 32.2. The summed E-state index contributed by atoms with van der Waals surface area (Å²) >= 11 is 0. The van der Waals surface area contributed by atoms with Gasteiger partial charge >= 0.3 is 0 Å². The van der Waals surface area contributed by atoms with Gasteiger partial charge in [-0.1, -0.05) is 0 Å². The molecule has 0 fully saturated rings. The van der Waals surface area contributed by atoms with E-state index < -0.39 is 67.3 Å². The van der Waals surface area contributed by atoms with Crippen molar-refractivity contribution in [2.24, 2.45) is 0 Å². The Hall–Kier alpha value is -3.38. The summed E-state index contributed by atoms with van der Waals surface area (Å²) in [6, 6.07) is 3.62. The van der Waals surface area contributed by atoms with Crippen molar-refractivity contribution in [2.45, 2.75) is 17.1 Å². The van der Waals surface area contributed by atoms with Crippen molar-refractivity contribution in [1.29, 1.82) is 0 Å². The molecule has 2 aromatic carbocycles. The molecular formula is C21H15F5N2O4S. The summed E-state index contributed by atoms with van der Waals surface area (Å²) in [7, 11) is -4.91. The van der Waals surface area contributed by atoms with Crippen molar-refractivity contribution < 1.29 is 40.3 Å². The lowest BCUT2D eigenvalue weighted by Crippen LogP contribution is -2.26. The molecule has 1 atom stereocenters. The normalized spacial score (nSPS) is 12.5. The van der Waals surface area contributed by atoms with Crippen LogP contribution in [0.4, 0.5) is 22.0 Å². The Morgan fingerprint density at radius 3 is 2.24 bits per heavy atom. The van der Waals surface area contributed by atoms with Gasteiger partial charge in [0.15, 0.2) is 33.1 Å². The smallest absolute Gasteiger partial charge is 0.271 e. The first kappa shape index (κ1) is 24.3. The van der Waals surface area contributed by atoms with Crippen LogP contribution in [0.25, 0.3) is 0 Å². The molecule has 174 valence electrons. The lowest BCUT2D eigenvalue weighted by Gasteiger charge is -2.22. The minimum atomic E-state index is -4.91. The van der Waals surface area contributed by atoms with Crippen LogP contribution in [-0.2, 0) is 9.84 Å². The van der Waals surface area contributed by atoms with Crippen molar-refractivity contribution in [3.63, 3.8) is 0 Å². The highest BCUT2D eigenvalue weighted by Crippen LogP contribution is 2.39. The third kappa shape index (κ3) is 4.57. The summed E-state index contributed by atoms with van der Waals surface area (Å²) in [5.74, 6) is -8.46. The number of halogens is 5. The fraction of sp³-hybridized carbons (Fsp3) is 0.143. The van der Waals surface area contributed by atoms with Gasteiger partial charge in [-0.3, -0.25) is 9.78 Å². The van der Waals surface area contributed by atoms with Crippen molar-refractivity contribution in [3.8, 4) is 0 Å². The standard InChI is InChI=1S/C21H15F5N2O4S/c1-10-6-17(21(30)28-9-29)27-8-12(10)20(18-14(23)4-5-15(24)19(18)26)33(31,32)11-2-3-13(22)16(25)7-11/h2-8,20,29H,9H2,1H3,(H,28,30). The third-order valence-electron chi connectivity index (χ3n) is 4.78. The topological polar surface area (TPSA) is 96.4 Å². The molecule has 2 N–H and O–H groups in total. The average molecular weight is 486 g/mol. The molecule has 0 aliphatic heterocycles. The third-order valence-corrected chi connectivity index (χ3v) is 6.80. The number of sulfone groups is 1. The van der Waals surface area contributed by atoms with Gasteiger partial charge in [-0.25, -0.2) is 30.4 Å². The summed E-state index contributed by atoms with van der Waals surface area (Å²) in [4.78, 5) is 14.8. The molecule has 12 heteroatoms. The van der Waals surface area contributed by atoms with E-state index in [9.17, 15) is 35.2 Å². The van der Waals surface area contributed by atoms with Gasteiger partial charge in [0.1, 0.15) is 23.5 Å². The highest BCUT2D eigenvalue weighted by Gasteiger charge is 2.38. The number of pyridine rings is 1. The molecule has 0 bridgehead atoms. The first-order valence-corrected chi connectivity index (χ1v) is 10.7. The molecule has 6 nitrogen and oxygen atoms in total. The first-order valence-electron chi connectivity index (χ1n) is 9.17. The van der Waals surface area contributed by atoms with Gasteiger partial charge < -0.3 is 10.4 Å². The summed E-state index contributed by atoms with van der Waals surface area (Å²) in [5, 5.41) is 8.59. The number of aliphatic hydroxyl groups excluding tert-OH is 1. The molecule has 0 radical (unpaired) electrons. The number of rotatable bonds is 6. The van der Waals surface area contributed by atoms with E-state index in [1.54, 1.807) is 0 Å². The van der Waals surface area contributed by atoms with Crippen LogP contribution in [0.5, 0.6) is 0 Å². The first-order chi connectivity index (χ1) is 15.5. The molecule has 0 spiro atoms. The van der Waals surface area contributed by atoms with Crippen molar-refractivity contribution >= 4 is 15.7 Å². The maximum absolute atomic E-state index is 14.7. The fourth-order valence-electron chi connectivity index (χ4n) is 3.18. The van der Waals surface area contributed by atoms with Crippen molar-refractivity contribution in [1.82, 2.24) is 10.3 Å². The second kappa shape index (κ2) is 9.24. The number of amides is 1. The Morgan fingerprint density at radius 2 is 1.64 bits per heavy atom. The number of nitrogens with zero attached hydrogens (tertiary/aromatic N) is 1. The van der Waals surface area contributed by atoms with Crippen LogP contribution in [0.1, 0.15) is 32.4 Å². The average Bonchev–Trinajstić information content (AvgIpc) is 2.76. The number of hydrogen-bond donors (Lipinski definition) is 2. The molecule has 3 aromatic rings. The minimum Gasteiger partial charge on any atom is -0.376 e. The predicted molar refractivity (Wildman–Crippen MR) is 105 cm³/mol. The second-order valence-corrected chi connectivity index (χ2v) is 8.88. The number of aryl methyl sites for hydroxylation is 1.